The zero-order valence-electron chi connectivity index (χ0n) is 19.1. The van der Waals surface area contributed by atoms with E-state index in [0.29, 0.717) is 17.0 Å². The van der Waals surface area contributed by atoms with Crippen LogP contribution in [0.1, 0.15) is 50.9 Å². The van der Waals surface area contributed by atoms with Crippen LogP contribution in [0.15, 0.2) is 53.9 Å². The van der Waals surface area contributed by atoms with Gasteiger partial charge < -0.3 is 9.55 Å². The smallest absolute Gasteiger partial charge is 0.269 e. The Labute approximate surface area is 201 Å². The fourth-order valence-electron chi connectivity index (χ4n) is 4.29. The Bertz CT molecular complexity index is 1360. The first kappa shape index (κ1) is 22.2. The molecule has 4 aromatic rings. The van der Waals surface area contributed by atoms with Crippen LogP contribution in [-0.2, 0) is 25.6 Å². The number of hydrazine groups is 1. The second-order valence-corrected chi connectivity index (χ2v) is 9.75. The van der Waals surface area contributed by atoms with Gasteiger partial charge in [-0.1, -0.05) is 30.8 Å². The summed E-state index contributed by atoms with van der Waals surface area (Å²) >= 11 is 1.57. The molecular weight excluding hydrogens is 448 g/mol. The molecule has 0 fully saturated rings. The van der Waals surface area contributed by atoms with Gasteiger partial charge in [-0.3, -0.25) is 20.4 Å². The van der Waals surface area contributed by atoms with E-state index < -0.39 is 0 Å². The van der Waals surface area contributed by atoms with Crippen LogP contribution in [-0.4, -0.2) is 31.6 Å². The maximum absolute atomic E-state index is 12.7. The number of carbonyl (C=O) groups is 2. The third kappa shape index (κ3) is 4.56. The number of amides is 2. The Morgan fingerprint density at radius 3 is 2.59 bits per heavy atom. The highest BCUT2D eigenvalue weighted by Gasteiger charge is 2.20. The third-order valence-electron chi connectivity index (χ3n) is 6.24. The van der Waals surface area contributed by atoms with E-state index in [1.165, 1.54) is 17.7 Å². The van der Waals surface area contributed by atoms with Crippen molar-refractivity contribution in [2.45, 2.75) is 37.1 Å². The second kappa shape index (κ2) is 9.34. The number of fused-ring (bicyclic) bond motifs is 3. The standard InChI is InChI=1S/C25H26N6O2S/c1-15-3-9-21-19(11-15)20-12-18(8-10-22(20)27-21)24(33)29-28-23(32)17-6-4-16(5-7-17)13-34-25-30-26-14-31(25)2/h4-8,10,12,14-15,27H,3,9,11,13H2,1-2H3,(H,28,32)(H,29,33). The first-order valence-corrected chi connectivity index (χ1v) is 12.3. The number of nitrogens with zero attached hydrogens (tertiary/aromatic N) is 3. The summed E-state index contributed by atoms with van der Waals surface area (Å²) in [6.45, 7) is 2.26. The minimum Gasteiger partial charge on any atom is -0.358 e. The van der Waals surface area contributed by atoms with E-state index >= 15 is 0 Å². The molecule has 0 spiro atoms. The molecule has 0 saturated heterocycles. The van der Waals surface area contributed by atoms with Gasteiger partial charge in [0.1, 0.15) is 6.33 Å². The SMILES string of the molecule is CC1CCc2[nH]c3ccc(C(=O)NNC(=O)c4ccc(CSc5nncn5C)cc4)cc3c2C1. The van der Waals surface area contributed by atoms with Crippen molar-refractivity contribution in [3.63, 3.8) is 0 Å². The monoisotopic (exact) mass is 474 g/mol. The number of carbonyl (C=O) groups excluding carboxylic acids is 2. The van der Waals surface area contributed by atoms with Gasteiger partial charge in [0.2, 0.25) is 0 Å². The highest BCUT2D eigenvalue weighted by Crippen LogP contribution is 2.32. The maximum Gasteiger partial charge on any atom is 0.269 e. The Morgan fingerprint density at radius 2 is 1.85 bits per heavy atom. The number of thioether (sulfide) groups is 1. The zero-order valence-corrected chi connectivity index (χ0v) is 19.9. The van der Waals surface area contributed by atoms with Crippen molar-refractivity contribution in [2.75, 3.05) is 0 Å². The number of aryl methyl sites for hydroxylation is 2. The van der Waals surface area contributed by atoms with E-state index in [4.69, 9.17) is 0 Å². The molecule has 0 radical (unpaired) electrons. The number of rotatable bonds is 5. The summed E-state index contributed by atoms with van der Waals surface area (Å²) in [5.41, 5.74) is 10.7. The Kier molecular flexibility index (Phi) is 6.10. The Morgan fingerprint density at radius 1 is 1.12 bits per heavy atom. The van der Waals surface area contributed by atoms with Crippen molar-refractivity contribution in [2.24, 2.45) is 13.0 Å². The summed E-state index contributed by atoms with van der Waals surface area (Å²) in [7, 11) is 1.90. The molecule has 0 aliphatic heterocycles. The molecule has 2 heterocycles. The summed E-state index contributed by atoms with van der Waals surface area (Å²) in [5.74, 6) is 0.649. The molecule has 5 rings (SSSR count). The van der Waals surface area contributed by atoms with E-state index in [2.05, 4.69) is 33.0 Å². The van der Waals surface area contributed by atoms with Crippen molar-refractivity contribution < 1.29 is 9.59 Å². The van der Waals surface area contributed by atoms with Crippen LogP contribution < -0.4 is 10.9 Å². The van der Waals surface area contributed by atoms with Gasteiger partial charge >= 0.3 is 0 Å². The average Bonchev–Trinajstić information content (AvgIpc) is 3.43. The quantitative estimate of drug-likeness (QED) is 0.302. The molecule has 1 aliphatic rings. The summed E-state index contributed by atoms with van der Waals surface area (Å²) < 4.78 is 1.86. The summed E-state index contributed by atoms with van der Waals surface area (Å²) in [5, 5.41) is 9.84. The van der Waals surface area contributed by atoms with Crippen molar-refractivity contribution in [1.29, 1.82) is 0 Å². The summed E-state index contributed by atoms with van der Waals surface area (Å²) in [6, 6.07) is 12.9. The zero-order chi connectivity index (χ0) is 23.7. The predicted molar refractivity (Wildman–Crippen MR) is 131 cm³/mol. The molecule has 1 aliphatic carbocycles. The van der Waals surface area contributed by atoms with Crippen molar-refractivity contribution in [3.8, 4) is 0 Å². The molecule has 2 amide bonds. The molecule has 3 N–H and O–H groups in total. The van der Waals surface area contributed by atoms with Gasteiger partial charge in [0.15, 0.2) is 5.16 Å². The van der Waals surface area contributed by atoms with E-state index in [1.54, 1.807) is 36.3 Å². The molecule has 2 aromatic heterocycles. The van der Waals surface area contributed by atoms with Gasteiger partial charge in [0.05, 0.1) is 0 Å². The predicted octanol–water partition coefficient (Wildman–Crippen LogP) is 3.79. The lowest BCUT2D eigenvalue weighted by Crippen LogP contribution is -2.41. The van der Waals surface area contributed by atoms with Crippen LogP contribution >= 0.6 is 11.8 Å². The van der Waals surface area contributed by atoms with Crippen LogP contribution in [0.25, 0.3) is 10.9 Å². The van der Waals surface area contributed by atoms with Crippen LogP contribution in [0.5, 0.6) is 0 Å². The van der Waals surface area contributed by atoms with Gasteiger partial charge in [-0.2, -0.15) is 0 Å². The number of hydrogen-bond donors (Lipinski definition) is 3. The lowest BCUT2D eigenvalue weighted by molar-refractivity contribution is 0.0847. The van der Waals surface area contributed by atoms with Gasteiger partial charge in [0, 0.05) is 40.5 Å². The average molecular weight is 475 g/mol. The molecule has 34 heavy (non-hydrogen) atoms. The summed E-state index contributed by atoms with van der Waals surface area (Å²) in [6.07, 6.45) is 4.90. The highest BCUT2D eigenvalue weighted by molar-refractivity contribution is 7.98. The first-order valence-electron chi connectivity index (χ1n) is 11.3. The number of benzene rings is 2. The third-order valence-corrected chi connectivity index (χ3v) is 7.35. The highest BCUT2D eigenvalue weighted by atomic mass is 32.2. The first-order chi connectivity index (χ1) is 16.5. The maximum atomic E-state index is 12.7. The minimum absolute atomic E-state index is 0.342. The topological polar surface area (TPSA) is 105 Å². The number of aromatic amines is 1. The lowest BCUT2D eigenvalue weighted by Gasteiger charge is -2.18. The van der Waals surface area contributed by atoms with Crippen LogP contribution in [0, 0.1) is 5.92 Å². The minimum atomic E-state index is -0.366. The normalized spacial score (nSPS) is 15.2. The van der Waals surface area contributed by atoms with Crippen LogP contribution in [0.2, 0.25) is 0 Å². The Hall–Kier alpha value is -3.59. The molecule has 0 bridgehead atoms. The van der Waals surface area contributed by atoms with E-state index in [-0.39, 0.29) is 11.8 Å². The number of aromatic nitrogens is 4. The second-order valence-electron chi connectivity index (χ2n) is 8.81. The fraction of sp³-hybridized carbons (Fsp3) is 0.280. The lowest BCUT2D eigenvalue weighted by atomic mass is 9.87. The van der Waals surface area contributed by atoms with Gasteiger partial charge in [0.25, 0.3) is 11.8 Å². The number of nitrogens with one attached hydrogen (secondary N) is 3. The van der Waals surface area contributed by atoms with Gasteiger partial charge in [-0.05, 0) is 66.6 Å². The van der Waals surface area contributed by atoms with Gasteiger partial charge in [-0.25, -0.2) is 0 Å². The largest absolute Gasteiger partial charge is 0.358 e. The molecule has 1 unspecified atom stereocenters. The molecular formula is C25H26N6O2S. The van der Waals surface area contributed by atoms with Crippen LogP contribution in [0.3, 0.4) is 0 Å². The molecule has 0 saturated carbocycles. The molecule has 174 valence electrons. The van der Waals surface area contributed by atoms with E-state index in [0.717, 1.165) is 40.2 Å². The van der Waals surface area contributed by atoms with Crippen molar-refractivity contribution in [1.82, 2.24) is 30.6 Å². The van der Waals surface area contributed by atoms with E-state index in [9.17, 15) is 9.59 Å². The van der Waals surface area contributed by atoms with Crippen LogP contribution in [0.4, 0.5) is 0 Å². The van der Waals surface area contributed by atoms with E-state index in [1.807, 2.05) is 35.9 Å². The molecule has 1 atom stereocenters. The number of hydrogen-bond acceptors (Lipinski definition) is 5. The molecule has 8 nitrogen and oxygen atoms in total. The molecule has 9 heteroatoms. The van der Waals surface area contributed by atoms with Crippen molar-refractivity contribution >= 4 is 34.5 Å². The summed E-state index contributed by atoms with van der Waals surface area (Å²) in [4.78, 5) is 28.7. The van der Waals surface area contributed by atoms with Crippen molar-refractivity contribution in [3.05, 3.63) is 76.7 Å². The van der Waals surface area contributed by atoms with Gasteiger partial charge in [-0.15, -0.1) is 10.2 Å². The fourth-order valence-corrected chi connectivity index (χ4v) is 5.14. The molecule has 2 aromatic carbocycles. The Balaban J connectivity index is 1.19. The number of H-pyrrole nitrogens is 1.